The van der Waals surface area contributed by atoms with Crippen LogP contribution < -0.4 is 5.73 Å². The van der Waals surface area contributed by atoms with Crippen LogP contribution >= 0.6 is 0 Å². The molecule has 5 heteroatoms. The molecule has 0 bridgehead atoms. The van der Waals surface area contributed by atoms with Crippen molar-refractivity contribution in [2.24, 2.45) is 5.73 Å². The summed E-state index contributed by atoms with van der Waals surface area (Å²) in [5.74, 6) is 0.0125. The molecule has 1 aromatic heterocycles. The van der Waals surface area contributed by atoms with Gasteiger partial charge in [-0.05, 0) is 12.8 Å². The number of rotatable bonds is 3. The molecule has 1 aromatic rings. The second-order valence-corrected chi connectivity index (χ2v) is 3.91. The largest absolute Gasteiger partial charge is 0.335 e. The van der Waals surface area contributed by atoms with E-state index in [0.717, 1.165) is 31.6 Å². The van der Waals surface area contributed by atoms with Gasteiger partial charge in [0.25, 0.3) is 0 Å². The summed E-state index contributed by atoms with van der Waals surface area (Å²) in [5.41, 5.74) is 5.78. The quantitative estimate of drug-likeness (QED) is 0.830. The van der Waals surface area contributed by atoms with Gasteiger partial charge in [-0.2, -0.15) is 0 Å². The van der Waals surface area contributed by atoms with Crippen LogP contribution in [0.15, 0.2) is 6.20 Å². The lowest BCUT2D eigenvalue weighted by Crippen LogP contribution is -2.20. The molecule has 3 nitrogen and oxygen atoms in total. The number of hydrogen-bond donors (Lipinski definition) is 1. The third-order valence-electron chi connectivity index (χ3n) is 2.87. The van der Waals surface area contributed by atoms with Crippen LogP contribution in [0.5, 0.6) is 0 Å². The van der Waals surface area contributed by atoms with Crippen molar-refractivity contribution in [1.29, 1.82) is 0 Å². The maximum absolute atomic E-state index is 12.6. The molecule has 0 spiro atoms. The van der Waals surface area contributed by atoms with Gasteiger partial charge in [0, 0.05) is 25.7 Å². The SMILES string of the molecule is NCC(c1cn2c(n1)CCCC2)C(F)F. The van der Waals surface area contributed by atoms with Gasteiger partial charge in [0.15, 0.2) is 0 Å². The van der Waals surface area contributed by atoms with Crippen molar-refractivity contribution in [3.63, 3.8) is 0 Å². The molecule has 1 unspecified atom stereocenters. The van der Waals surface area contributed by atoms with Crippen LogP contribution in [0.2, 0.25) is 0 Å². The lowest BCUT2D eigenvalue weighted by molar-refractivity contribution is 0.115. The Balaban J connectivity index is 2.24. The van der Waals surface area contributed by atoms with E-state index < -0.39 is 12.3 Å². The number of halogens is 2. The maximum Gasteiger partial charge on any atom is 0.248 e. The fourth-order valence-electron chi connectivity index (χ4n) is 1.97. The first kappa shape index (κ1) is 10.5. The molecule has 0 radical (unpaired) electrons. The lowest BCUT2D eigenvalue weighted by Gasteiger charge is -2.11. The summed E-state index contributed by atoms with van der Waals surface area (Å²) in [6.07, 6.45) is 2.40. The molecule has 0 amide bonds. The van der Waals surface area contributed by atoms with E-state index in [-0.39, 0.29) is 6.54 Å². The molecule has 0 saturated carbocycles. The van der Waals surface area contributed by atoms with Gasteiger partial charge in [-0.15, -0.1) is 0 Å². The molecule has 0 aliphatic carbocycles. The zero-order valence-electron chi connectivity index (χ0n) is 8.50. The predicted octanol–water partition coefficient (Wildman–Crippen LogP) is 1.53. The fraction of sp³-hybridized carbons (Fsp3) is 0.700. The summed E-state index contributed by atoms with van der Waals surface area (Å²) in [4.78, 5) is 4.25. The normalized spacial score (nSPS) is 17.9. The standard InChI is InChI=1S/C10H15F2N3/c11-10(12)7(5-13)8-6-15-4-2-1-3-9(15)14-8/h6-7,10H,1-5,13H2. The summed E-state index contributed by atoms with van der Waals surface area (Å²) in [6, 6.07) is 0. The van der Waals surface area contributed by atoms with Crippen molar-refractivity contribution in [2.75, 3.05) is 6.54 Å². The molecule has 1 atom stereocenters. The fourth-order valence-corrected chi connectivity index (χ4v) is 1.97. The van der Waals surface area contributed by atoms with Gasteiger partial charge < -0.3 is 10.3 Å². The van der Waals surface area contributed by atoms with E-state index in [4.69, 9.17) is 5.73 Å². The number of imidazole rings is 1. The number of aromatic nitrogens is 2. The Hall–Kier alpha value is -0.970. The minimum Gasteiger partial charge on any atom is -0.335 e. The van der Waals surface area contributed by atoms with Crippen LogP contribution in [-0.2, 0) is 13.0 Å². The van der Waals surface area contributed by atoms with Crippen LogP contribution in [0, 0.1) is 0 Å². The lowest BCUT2D eigenvalue weighted by atomic mass is 10.1. The number of nitrogens with zero attached hydrogens (tertiary/aromatic N) is 2. The molecular weight excluding hydrogens is 200 g/mol. The molecule has 1 aliphatic rings. The first-order valence-corrected chi connectivity index (χ1v) is 5.26. The zero-order chi connectivity index (χ0) is 10.8. The van der Waals surface area contributed by atoms with Gasteiger partial charge in [-0.25, -0.2) is 13.8 Å². The summed E-state index contributed by atoms with van der Waals surface area (Å²) in [5, 5.41) is 0. The molecule has 2 rings (SSSR count). The molecule has 1 aliphatic heterocycles. The number of fused-ring (bicyclic) bond motifs is 1. The topological polar surface area (TPSA) is 43.8 Å². The van der Waals surface area contributed by atoms with Gasteiger partial charge in [-0.1, -0.05) is 0 Å². The Morgan fingerprint density at radius 3 is 2.87 bits per heavy atom. The van der Waals surface area contributed by atoms with E-state index in [1.807, 2.05) is 4.57 Å². The highest BCUT2D eigenvalue weighted by molar-refractivity contribution is 5.12. The molecule has 15 heavy (non-hydrogen) atoms. The first-order chi connectivity index (χ1) is 7.22. The molecule has 84 valence electrons. The minimum atomic E-state index is -2.42. The van der Waals surface area contributed by atoms with Crippen LogP contribution in [0.3, 0.4) is 0 Å². The molecular formula is C10H15F2N3. The number of hydrogen-bond acceptors (Lipinski definition) is 2. The van der Waals surface area contributed by atoms with Crippen molar-refractivity contribution in [3.8, 4) is 0 Å². The average Bonchev–Trinajstić information content (AvgIpc) is 2.61. The van der Waals surface area contributed by atoms with Crippen LogP contribution in [0.1, 0.15) is 30.3 Å². The van der Waals surface area contributed by atoms with Gasteiger partial charge in [0.05, 0.1) is 11.6 Å². The van der Waals surface area contributed by atoms with E-state index in [1.165, 1.54) is 0 Å². The second-order valence-electron chi connectivity index (χ2n) is 3.91. The molecule has 0 aromatic carbocycles. The molecule has 0 fully saturated rings. The third-order valence-corrected chi connectivity index (χ3v) is 2.87. The van der Waals surface area contributed by atoms with Gasteiger partial charge >= 0.3 is 0 Å². The highest BCUT2D eigenvalue weighted by Gasteiger charge is 2.25. The van der Waals surface area contributed by atoms with E-state index in [1.54, 1.807) is 6.20 Å². The summed E-state index contributed by atoms with van der Waals surface area (Å²) >= 11 is 0. The summed E-state index contributed by atoms with van der Waals surface area (Å²) in [6.45, 7) is 0.844. The van der Waals surface area contributed by atoms with Crippen LogP contribution in [-0.4, -0.2) is 22.5 Å². The zero-order valence-corrected chi connectivity index (χ0v) is 8.50. The smallest absolute Gasteiger partial charge is 0.248 e. The van der Waals surface area contributed by atoms with Crippen molar-refractivity contribution >= 4 is 0 Å². The minimum absolute atomic E-state index is 0.0475. The van der Waals surface area contributed by atoms with Crippen LogP contribution in [0.4, 0.5) is 8.78 Å². The monoisotopic (exact) mass is 215 g/mol. The Morgan fingerprint density at radius 1 is 1.47 bits per heavy atom. The van der Waals surface area contributed by atoms with Crippen molar-refractivity contribution in [2.45, 2.75) is 38.2 Å². The Kier molecular flexibility index (Phi) is 3.00. The second kappa shape index (κ2) is 4.26. The van der Waals surface area contributed by atoms with Gasteiger partial charge in [0.1, 0.15) is 5.82 Å². The van der Waals surface area contributed by atoms with E-state index in [2.05, 4.69) is 4.98 Å². The predicted molar refractivity (Wildman–Crippen MR) is 53.0 cm³/mol. The van der Waals surface area contributed by atoms with Gasteiger partial charge in [0.2, 0.25) is 6.43 Å². The van der Waals surface area contributed by atoms with E-state index in [0.29, 0.717) is 5.69 Å². The Morgan fingerprint density at radius 2 is 2.27 bits per heavy atom. The number of alkyl halides is 2. The maximum atomic E-state index is 12.6. The van der Waals surface area contributed by atoms with E-state index >= 15 is 0 Å². The third kappa shape index (κ3) is 2.02. The van der Waals surface area contributed by atoms with E-state index in [9.17, 15) is 8.78 Å². The molecule has 2 heterocycles. The Labute approximate surface area is 87.3 Å². The number of aryl methyl sites for hydroxylation is 2. The highest BCUT2D eigenvalue weighted by Crippen LogP contribution is 2.24. The van der Waals surface area contributed by atoms with Crippen molar-refractivity contribution in [1.82, 2.24) is 9.55 Å². The summed E-state index contributed by atoms with van der Waals surface area (Å²) in [7, 11) is 0. The molecule has 2 N–H and O–H groups in total. The van der Waals surface area contributed by atoms with Gasteiger partial charge in [-0.3, -0.25) is 0 Å². The number of nitrogens with two attached hydrogens (primary N) is 1. The molecule has 0 saturated heterocycles. The Bertz CT molecular complexity index is 312. The van der Waals surface area contributed by atoms with Crippen molar-refractivity contribution < 1.29 is 8.78 Å². The first-order valence-electron chi connectivity index (χ1n) is 5.26. The van der Waals surface area contributed by atoms with Crippen molar-refractivity contribution in [3.05, 3.63) is 17.7 Å². The average molecular weight is 215 g/mol. The highest BCUT2D eigenvalue weighted by atomic mass is 19.3. The van der Waals surface area contributed by atoms with Crippen LogP contribution in [0.25, 0.3) is 0 Å². The summed E-state index contributed by atoms with van der Waals surface area (Å²) < 4.78 is 27.2.